The van der Waals surface area contributed by atoms with E-state index in [2.05, 4.69) is 15.0 Å². The zero-order valence-corrected chi connectivity index (χ0v) is 30.0. The highest BCUT2D eigenvalue weighted by atomic mass is 16.7. The smallest absolute Gasteiger partial charge is 0.262 e. The van der Waals surface area contributed by atoms with Crippen molar-refractivity contribution in [3.05, 3.63) is 87.5 Å². The number of ketones is 2. The third kappa shape index (κ3) is 6.74. The van der Waals surface area contributed by atoms with Gasteiger partial charge in [0.05, 0.1) is 24.9 Å². The average Bonchev–Trinajstić information content (AvgIpc) is 3.62. The molecule has 18 heteroatoms. The lowest BCUT2D eigenvalue weighted by Crippen LogP contribution is -3.09. The molecule has 8 atom stereocenters. The van der Waals surface area contributed by atoms with Gasteiger partial charge in [-0.1, -0.05) is 24.3 Å². The van der Waals surface area contributed by atoms with E-state index in [0.717, 1.165) is 0 Å². The number of aliphatic hydroxyl groups is 5. The van der Waals surface area contributed by atoms with Crippen LogP contribution >= 0.6 is 0 Å². The maximum atomic E-state index is 14.5. The van der Waals surface area contributed by atoms with Crippen LogP contribution in [0.5, 0.6) is 11.5 Å². The molecule has 0 radical (unpaired) electrons. The fourth-order valence-corrected chi connectivity index (χ4v) is 7.75. The molecule has 3 aromatic rings. The number of aliphatic hydroxyl groups excluding tert-OH is 5. The van der Waals surface area contributed by atoms with Crippen LogP contribution in [0.3, 0.4) is 0 Å². The summed E-state index contributed by atoms with van der Waals surface area (Å²) in [6, 6.07) is 12.9. The molecule has 0 spiro atoms. The van der Waals surface area contributed by atoms with E-state index in [4.69, 9.17) is 24.4 Å². The van der Waals surface area contributed by atoms with Crippen molar-refractivity contribution in [3.63, 3.8) is 0 Å². The Morgan fingerprint density at radius 1 is 1.00 bits per heavy atom. The number of nitrogens with zero attached hydrogens (tertiary/aromatic N) is 3. The van der Waals surface area contributed by atoms with E-state index in [0.29, 0.717) is 28.0 Å². The van der Waals surface area contributed by atoms with Crippen LogP contribution < -0.4 is 19.5 Å². The lowest BCUT2D eigenvalue weighted by Gasteiger charge is -2.40. The number of para-hydroxylation sites is 1. The summed E-state index contributed by atoms with van der Waals surface area (Å²) < 4.78 is 24.6. The number of carbonyl (C=O) groups excluding carboxylic acids is 3. The molecule has 8 rings (SSSR count). The first-order chi connectivity index (χ1) is 27.5. The number of rotatable bonds is 8. The first-order valence-corrected chi connectivity index (χ1v) is 18.2. The summed E-state index contributed by atoms with van der Waals surface area (Å²) >= 11 is 0. The van der Waals surface area contributed by atoms with Crippen molar-refractivity contribution in [2.24, 2.45) is 15.0 Å². The maximum Gasteiger partial charge on any atom is 0.262 e. The lowest BCUT2D eigenvalue weighted by molar-refractivity contribution is -0.723. The number of ether oxygens (including phenoxy) is 4. The van der Waals surface area contributed by atoms with E-state index in [1.807, 2.05) is 0 Å². The maximum absolute atomic E-state index is 14.5. The number of hydrogen-bond donors (Lipinski definition) is 7. The Hall–Kier alpha value is -5.57. The second-order valence-corrected chi connectivity index (χ2v) is 14.1. The normalized spacial score (nSPS) is 27.3. The van der Waals surface area contributed by atoms with Crippen LogP contribution in [0.2, 0.25) is 0 Å². The van der Waals surface area contributed by atoms with Gasteiger partial charge in [0.25, 0.3) is 5.84 Å². The Balaban J connectivity index is 1.37. The fraction of sp³-hybridized carbons (Fsp3) is 0.359. The largest absolute Gasteiger partial charge is 0.857 e. The molecular weight excluding hydrogens is 746 g/mol. The van der Waals surface area contributed by atoms with Crippen molar-refractivity contribution >= 4 is 46.9 Å². The van der Waals surface area contributed by atoms with Crippen LogP contribution in [0.25, 0.3) is 0 Å². The zero-order valence-electron chi connectivity index (χ0n) is 30.0. The van der Waals surface area contributed by atoms with Crippen molar-refractivity contribution in [1.82, 2.24) is 0 Å². The number of amidine groups is 1. The number of quaternary nitrogens is 1. The SMILES string of the molecule is N=C1N=C([O-])C2=NC[NH+](c3ccccc3C3CCOCC4OC(Oc5c3cc3c(c5OCC(O)CC=O)C(=O)c5cc(CO)ccc5C3=O)C(O)C(O)C4O)C2=N1. The van der Waals surface area contributed by atoms with Crippen molar-refractivity contribution in [3.8, 4) is 11.5 Å². The molecule has 0 saturated carbocycles. The Morgan fingerprint density at radius 3 is 2.60 bits per heavy atom. The number of fused-ring (bicyclic) bond motifs is 6. The second-order valence-electron chi connectivity index (χ2n) is 14.1. The summed E-state index contributed by atoms with van der Waals surface area (Å²) in [5, 5.41) is 74.2. The summed E-state index contributed by atoms with van der Waals surface area (Å²) in [6.07, 6.45) is -9.15. The molecule has 1 saturated heterocycles. The second kappa shape index (κ2) is 15.4. The number of guanidine groups is 1. The van der Waals surface area contributed by atoms with Crippen LogP contribution in [0.1, 0.15) is 67.3 Å². The molecule has 5 aliphatic rings. The molecule has 18 nitrogen and oxygen atoms in total. The van der Waals surface area contributed by atoms with Crippen molar-refractivity contribution < 1.29 is 68.9 Å². The molecule has 2 bridgehead atoms. The molecule has 57 heavy (non-hydrogen) atoms. The summed E-state index contributed by atoms with van der Waals surface area (Å²) in [4.78, 5) is 53.0. The van der Waals surface area contributed by atoms with Gasteiger partial charge in [0.2, 0.25) is 12.2 Å². The Labute approximate surface area is 323 Å². The number of nitrogens with one attached hydrogen (secondary N) is 2. The number of hydrogen-bond acceptors (Lipinski definition) is 15. The molecule has 296 valence electrons. The van der Waals surface area contributed by atoms with Gasteiger partial charge in [0, 0.05) is 52.7 Å². The summed E-state index contributed by atoms with van der Waals surface area (Å²) in [7, 11) is 0. The zero-order chi connectivity index (χ0) is 40.1. The van der Waals surface area contributed by atoms with E-state index in [9.17, 15) is 45.0 Å². The minimum atomic E-state index is -1.85. The van der Waals surface area contributed by atoms with Crippen molar-refractivity contribution in [2.75, 3.05) is 26.5 Å². The summed E-state index contributed by atoms with van der Waals surface area (Å²) in [6.45, 7) is -1.18. The van der Waals surface area contributed by atoms with Gasteiger partial charge in [-0.15, -0.1) is 0 Å². The van der Waals surface area contributed by atoms with Gasteiger partial charge in [-0.2, -0.15) is 4.99 Å². The standard InChI is InChI=1S/C39H37N5O13/c40-39-42-36-28(37(53)43-39)41-16-44(36)25-4-2-1-3-20(25)19-8-10-54-15-26-31(50)32(51)33(52)38(56-26)57-34-23(19)12-24-27(35(34)55-14-18(47)7-9-45)30(49)22-11-17(13-46)5-6-21(22)29(24)48/h1-6,9,11-12,18-19,26,31-33,38,46-47,50-52H,7-8,10,13-16H2,(H2,40,43,53). The topological polar surface area (TPSA) is 278 Å². The van der Waals surface area contributed by atoms with Crippen LogP contribution in [0, 0.1) is 5.41 Å². The van der Waals surface area contributed by atoms with Crippen molar-refractivity contribution in [1.29, 1.82) is 5.41 Å². The third-order valence-electron chi connectivity index (χ3n) is 10.6. The first-order valence-electron chi connectivity index (χ1n) is 18.2. The highest BCUT2D eigenvalue weighted by Crippen LogP contribution is 2.49. The van der Waals surface area contributed by atoms with Crippen molar-refractivity contribution in [2.45, 2.75) is 62.2 Å². The molecule has 4 heterocycles. The van der Waals surface area contributed by atoms with Gasteiger partial charge < -0.3 is 54.4 Å². The van der Waals surface area contributed by atoms with Gasteiger partial charge in [0.15, 0.2) is 35.4 Å². The highest BCUT2D eigenvalue weighted by Gasteiger charge is 2.47. The molecule has 7 N–H and O–H groups in total. The third-order valence-corrected chi connectivity index (χ3v) is 10.6. The van der Waals surface area contributed by atoms with E-state index in [1.54, 1.807) is 24.3 Å². The number of aldehydes is 1. The summed E-state index contributed by atoms with van der Waals surface area (Å²) in [5.74, 6) is -3.63. The van der Waals surface area contributed by atoms with Crippen LogP contribution in [-0.2, 0) is 20.9 Å². The number of carbonyl (C=O) groups is 3. The van der Waals surface area contributed by atoms with Crippen LogP contribution in [0.15, 0.2) is 63.5 Å². The van der Waals surface area contributed by atoms with E-state index >= 15 is 0 Å². The quantitative estimate of drug-likeness (QED) is 0.0960. The first kappa shape index (κ1) is 38.3. The predicted molar refractivity (Wildman–Crippen MR) is 194 cm³/mol. The summed E-state index contributed by atoms with van der Waals surface area (Å²) in [5.41, 5.74) is 1.39. The molecule has 4 aliphatic heterocycles. The van der Waals surface area contributed by atoms with Crippen LogP contribution in [-0.4, -0.2) is 130 Å². The van der Waals surface area contributed by atoms with E-state index in [1.165, 1.54) is 24.3 Å². The Kier molecular flexibility index (Phi) is 10.4. The molecule has 8 unspecified atom stereocenters. The lowest BCUT2D eigenvalue weighted by atomic mass is 9.78. The Bertz CT molecular complexity index is 2270. The average molecular weight is 784 g/mol. The highest BCUT2D eigenvalue weighted by molar-refractivity contribution is 6.66. The molecule has 0 aromatic heterocycles. The molecule has 3 aromatic carbocycles. The van der Waals surface area contributed by atoms with Gasteiger partial charge in [-0.25, -0.2) is 14.9 Å². The Morgan fingerprint density at radius 2 is 1.81 bits per heavy atom. The van der Waals surface area contributed by atoms with Gasteiger partial charge in [-0.3, -0.25) is 15.0 Å². The monoisotopic (exact) mass is 783 g/mol. The minimum Gasteiger partial charge on any atom is -0.857 e. The molecular formula is C39H37N5O13. The predicted octanol–water partition coefficient (Wildman–Crippen LogP) is -1.94. The van der Waals surface area contributed by atoms with Crippen LogP contribution in [0.4, 0.5) is 5.69 Å². The van der Waals surface area contributed by atoms with Gasteiger partial charge in [0.1, 0.15) is 43.0 Å². The molecule has 1 fully saturated rings. The van der Waals surface area contributed by atoms with Gasteiger partial charge >= 0.3 is 0 Å². The van der Waals surface area contributed by atoms with Gasteiger partial charge in [-0.05, 0) is 36.2 Å². The minimum absolute atomic E-state index is 0.000646. The van der Waals surface area contributed by atoms with E-state index in [-0.39, 0.29) is 83.6 Å². The number of benzene rings is 3. The number of aliphatic imine (C=N–C) groups is 3. The van der Waals surface area contributed by atoms with E-state index < -0.39 is 79.4 Å². The molecule has 0 amide bonds. The fourth-order valence-electron chi connectivity index (χ4n) is 7.75. The molecule has 1 aliphatic carbocycles.